The molecule has 1 aromatic rings. The van der Waals surface area contributed by atoms with E-state index in [0.29, 0.717) is 12.2 Å². The highest BCUT2D eigenvalue weighted by molar-refractivity contribution is 7.89. The Balaban J connectivity index is 3.04. The van der Waals surface area contributed by atoms with Crippen molar-refractivity contribution in [2.45, 2.75) is 30.9 Å². The molecule has 0 radical (unpaired) electrons. The van der Waals surface area contributed by atoms with Gasteiger partial charge in [-0.3, -0.25) is 9.78 Å². The van der Waals surface area contributed by atoms with Crippen molar-refractivity contribution in [3.8, 4) is 0 Å². The molecule has 0 aliphatic carbocycles. The number of aliphatic hydroxyl groups excluding tert-OH is 1. The van der Waals surface area contributed by atoms with Gasteiger partial charge >= 0.3 is 5.97 Å². The van der Waals surface area contributed by atoms with Crippen LogP contribution in [0.2, 0.25) is 0 Å². The van der Waals surface area contributed by atoms with Crippen molar-refractivity contribution in [1.82, 2.24) is 9.71 Å². The molecule has 0 saturated heterocycles. The Labute approximate surface area is 116 Å². The summed E-state index contributed by atoms with van der Waals surface area (Å²) in [5.74, 6) is -1.46. The van der Waals surface area contributed by atoms with Crippen LogP contribution < -0.4 is 10.0 Å². The highest BCUT2D eigenvalue weighted by atomic mass is 32.2. The van der Waals surface area contributed by atoms with Crippen LogP contribution in [-0.4, -0.2) is 48.3 Å². The number of pyridine rings is 1. The Morgan fingerprint density at radius 2 is 2.10 bits per heavy atom. The van der Waals surface area contributed by atoms with Crippen molar-refractivity contribution in [3.63, 3.8) is 0 Å². The van der Waals surface area contributed by atoms with Crippen LogP contribution in [0.15, 0.2) is 23.4 Å². The number of nitrogens with one attached hydrogen (secondary N) is 2. The summed E-state index contributed by atoms with van der Waals surface area (Å²) in [6.45, 7) is 3.62. The number of aliphatic carboxylic acids is 1. The molecular formula is C11H17N3O5S. The summed E-state index contributed by atoms with van der Waals surface area (Å²) in [6, 6.07) is -0.289. The van der Waals surface area contributed by atoms with Crippen molar-refractivity contribution >= 4 is 21.7 Å². The third kappa shape index (κ3) is 4.15. The van der Waals surface area contributed by atoms with Crippen molar-refractivity contribution in [2.24, 2.45) is 0 Å². The van der Waals surface area contributed by atoms with Gasteiger partial charge in [-0.25, -0.2) is 8.42 Å². The van der Waals surface area contributed by atoms with E-state index in [1.54, 1.807) is 0 Å². The molecule has 1 heterocycles. The first-order valence-electron chi connectivity index (χ1n) is 5.90. The molecule has 4 N–H and O–H groups in total. The standard InChI is InChI=1S/C11H17N3O5S/c1-3-13-8-4-9(6-12-5-8)20(18,19)14-10(7(2)15)11(16)17/h4-7,10,13-15H,3H2,1-2H3,(H,16,17). The number of aliphatic hydroxyl groups is 1. The van der Waals surface area contributed by atoms with Crippen molar-refractivity contribution in [3.05, 3.63) is 18.5 Å². The average molecular weight is 303 g/mol. The highest BCUT2D eigenvalue weighted by Gasteiger charge is 2.29. The van der Waals surface area contributed by atoms with E-state index in [-0.39, 0.29) is 4.90 Å². The normalized spacial score (nSPS) is 14.6. The van der Waals surface area contributed by atoms with Gasteiger partial charge in [-0.05, 0) is 19.9 Å². The van der Waals surface area contributed by atoms with Crippen LogP contribution in [0.3, 0.4) is 0 Å². The van der Waals surface area contributed by atoms with E-state index in [9.17, 15) is 18.3 Å². The van der Waals surface area contributed by atoms with Gasteiger partial charge in [0.1, 0.15) is 10.9 Å². The van der Waals surface area contributed by atoms with Crippen LogP contribution >= 0.6 is 0 Å². The lowest BCUT2D eigenvalue weighted by Crippen LogP contribution is -2.47. The monoisotopic (exact) mass is 303 g/mol. The Morgan fingerprint density at radius 1 is 1.45 bits per heavy atom. The van der Waals surface area contributed by atoms with E-state index in [1.165, 1.54) is 19.2 Å². The van der Waals surface area contributed by atoms with E-state index in [0.717, 1.165) is 6.20 Å². The zero-order valence-electron chi connectivity index (χ0n) is 11.1. The molecule has 0 saturated carbocycles. The molecule has 0 fully saturated rings. The van der Waals surface area contributed by atoms with Crippen LogP contribution in [0.25, 0.3) is 0 Å². The van der Waals surface area contributed by atoms with Gasteiger partial charge in [-0.2, -0.15) is 4.72 Å². The van der Waals surface area contributed by atoms with Gasteiger partial charge in [0.05, 0.1) is 18.0 Å². The first-order chi connectivity index (χ1) is 9.27. The summed E-state index contributed by atoms with van der Waals surface area (Å²) >= 11 is 0. The Hall–Kier alpha value is -1.71. The van der Waals surface area contributed by atoms with Crippen LogP contribution in [-0.2, 0) is 14.8 Å². The van der Waals surface area contributed by atoms with Gasteiger partial charge in [0.25, 0.3) is 0 Å². The molecule has 1 rings (SSSR count). The summed E-state index contributed by atoms with van der Waals surface area (Å²) in [5.41, 5.74) is 0.499. The number of aromatic nitrogens is 1. The van der Waals surface area contributed by atoms with Crippen LogP contribution in [0.1, 0.15) is 13.8 Å². The molecule has 20 heavy (non-hydrogen) atoms. The first kappa shape index (κ1) is 16.3. The van der Waals surface area contributed by atoms with Gasteiger partial charge in [-0.15, -0.1) is 0 Å². The van der Waals surface area contributed by atoms with Gasteiger partial charge in [-0.1, -0.05) is 0 Å². The third-order valence-corrected chi connectivity index (χ3v) is 3.84. The maximum absolute atomic E-state index is 12.1. The van der Waals surface area contributed by atoms with Gasteiger partial charge < -0.3 is 15.5 Å². The summed E-state index contributed by atoms with van der Waals surface area (Å²) in [5, 5.41) is 21.1. The second-order valence-corrected chi connectivity index (χ2v) is 5.83. The molecule has 0 spiro atoms. The van der Waals surface area contributed by atoms with Crippen molar-refractivity contribution in [2.75, 3.05) is 11.9 Å². The lowest BCUT2D eigenvalue weighted by molar-refractivity contribution is -0.141. The lowest BCUT2D eigenvalue weighted by Gasteiger charge is -2.17. The molecule has 8 nitrogen and oxygen atoms in total. The van der Waals surface area contributed by atoms with Crippen LogP contribution in [0.5, 0.6) is 0 Å². The average Bonchev–Trinajstić information content (AvgIpc) is 2.36. The molecule has 112 valence electrons. The predicted molar refractivity (Wildman–Crippen MR) is 71.8 cm³/mol. The largest absolute Gasteiger partial charge is 0.480 e. The van der Waals surface area contributed by atoms with E-state index in [4.69, 9.17) is 5.11 Å². The fourth-order valence-corrected chi connectivity index (χ4v) is 2.71. The van der Waals surface area contributed by atoms with E-state index >= 15 is 0 Å². The molecule has 0 amide bonds. The molecule has 9 heteroatoms. The number of carbonyl (C=O) groups is 1. The fourth-order valence-electron chi connectivity index (χ4n) is 1.46. The Bertz CT molecular complexity index is 573. The molecule has 0 aromatic carbocycles. The summed E-state index contributed by atoms with van der Waals surface area (Å²) in [7, 11) is -4.08. The van der Waals surface area contributed by atoms with Crippen molar-refractivity contribution < 1.29 is 23.4 Å². The molecular weight excluding hydrogens is 286 g/mol. The summed E-state index contributed by atoms with van der Waals surface area (Å²) in [6.07, 6.45) is 1.18. The lowest BCUT2D eigenvalue weighted by atomic mass is 10.2. The number of anilines is 1. The van der Waals surface area contributed by atoms with E-state index in [1.807, 2.05) is 11.6 Å². The minimum atomic E-state index is -4.08. The topological polar surface area (TPSA) is 129 Å². The van der Waals surface area contributed by atoms with Gasteiger partial charge in [0, 0.05) is 12.7 Å². The third-order valence-electron chi connectivity index (χ3n) is 2.43. The number of sulfonamides is 1. The van der Waals surface area contributed by atoms with E-state index < -0.39 is 28.1 Å². The molecule has 2 unspecified atom stereocenters. The number of hydrogen-bond donors (Lipinski definition) is 4. The zero-order valence-corrected chi connectivity index (χ0v) is 11.9. The maximum atomic E-state index is 12.1. The second-order valence-electron chi connectivity index (χ2n) is 4.12. The SMILES string of the molecule is CCNc1cncc(S(=O)(=O)NC(C(=O)O)C(C)O)c1. The van der Waals surface area contributed by atoms with E-state index in [2.05, 4.69) is 10.3 Å². The number of rotatable bonds is 7. The maximum Gasteiger partial charge on any atom is 0.324 e. The molecule has 1 aromatic heterocycles. The van der Waals surface area contributed by atoms with Gasteiger partial charge in [0.2, 0.25) is 10.0 Å². The molecule has 0 aliphatic rings. The minimum Gasteiger partial charge on any atom is -0.480 e. The van der Waals surface area contributed by atoms with Gasteiger partial charge in [0.15, 0.2) is 0 Å². The number of carboxylic acid groups (broad SMARTS) is 1. The second kappa shape index (κ2) is 6.64. The number of carboxylic acids is 1. The smallest absolute Gasteiger partial charge is 0.324 e. The zero-order chi connectivity index (χ0) is 15.3. The summed E-state index contributed by atoms with van der Waals surface area (Å²) in [4.78, 5) is 14.5. The Morgan fingerprint density at radius 3 is 2.60 bits per heavy atom. The molecule has 2 atom stereocenters. The first-order valence-corrected chi connectivity index (χ1v) is 7.38. The van der Waals surface area contributed by atoms with Crippen LogP contribution in [0, 0.1) is 0 Å². The highest BCUT2D eigenvalue weighted by Crippen LogP contribution is 2.14. The number of hydrogen-bond acceptors (Lipinski definition) is 6. The minimum absolute atomic E-state index is 0.178. The molecule has 0 aliphatic heterocycles. The fraction of sp³-hybridized carbons (Fsp3) is 0.455. The summed E-state index contributed by atoms with van der Waals surface area (Å²) < 4.78 is 26.0. The van der Waals surface area contributed by atoms with Crippen LogP contribution in [0.4, 0.5) is 5.69 Å². The predicted octanol–water partition coefficient (Wildman–Crippen LogP) is -0.374. The number of nitrogens with zero attached hydrogens (tertiary/aromatic N) is 1. The quantitative estimate of drug-likeness (QED) is 0.540. The Kier molecular flexibility index (Phi) is 5.43. The molecule has 0 bridgehead atoms. The van der Waals surface area contributed by atoms with Crippen molar-refractivity contribution in [1.29, 1.82) is 0 Å².